The highest BCUT2D eigenvalue weighted by Gasteiger charge is 2.20. The van der Waals surface area contributed by atoms with Crippen LogP contribution in [0.2, 0.25) is 0 Å². The van der Waals surface area contributed by atoms with Crippen LogP contribution in [0.5, 0.6) is 0 Å². The van der Waals surface area contributed by atoms with Crippen molar-refractivity contribution in [1.29, 1.82) is 0 Å². The SMILES string of the molecule is Cc1c(SN2CCn3nccc3C2)cc(C=O)n1CCO. The molecule has 6 nitrogen and oxygen atoms in total. The van der Waals surface area contributed by atoms with Gasteiger partial charge in [0.2, 0.25) is 0 Å². The second-order valence-corrected chi connectivity index (χ2v) is 6.15. The lowest BCUT2D eigenvalue weighted by Gasteiger charge is -2.26. The van der Waals surface area contributed by atoms with Crippen LogP contribution in [0, 0.1) is 6.92 Å². The van der Waals surface area contributed by atoms with Crippen molar-refractivity contribution in [2.24, 2.45) is 0 Å². The van der Waals surface area contributed by atoms with E-state index in [9.17, 15) is 4.79 Å². The molecule has 0 radical (unpaired) electrons. The highest BCUT2D eigenvalue weighted by molar-refractivity contribution is 7.97. The van der Waals surface area contributed by atoms with Gasteiger partial charge in [-0.25, -0.2) is 4.31 Å². The third kappa shape index (κ3) is 2.76. The van der Waals surface area contributed by atoms with Crippen LogP contribution < -0.4 is 0 Å². The number of hydrogen-bond acceptors (Lipinski definition) is 5. The zero-order chi connectivity index (χ0) is 14.8. The first-order valence-corrected chi connectivity index (χ1v) is 7.70. The van der Waals surface area contributed by atoms with E-state index in [0.717, 1.165) is 36.5 Å². The summed E-state index contributed by atoms with van der Waals surface area (Å²) in [5.74, 6) is 0. The maximum absolute atomic E-state index is 11.2. The van der Waals surface area contributed by atoms with E-state index >= 15 is 0 Å². The molecule has 2 aromatic heterocycles. The van der Waals surface area contributed by atoms with Crippen LogP contribution in [-0.4, -0.2) is 43.2 Å². The van der Waals surface area contributed by atoms with Gasteiger partial charge in [0.25, 0.3) is 0 Å². The van der Waals surface area contributed by atoms with Gasteiger partial charge in [-0.2, -0.15) is 5.10 Å². The topological polar surface area (TPSA) is 63.3 Å². The number of aliphatic hydroxyl groups is 1. The highest BCUT2D eigenvalue weighted by atomic mass is 32.2. The quantitative estimate of drug-likeness (QED) is 0.667. The van der Waals surface area contributed by atoms with Gasteiger partial charge >= 0.3 is 0 Å². The lowest BCUT2D eigenvalue weighted by atomic mass is 10.3. The summed E-state index contributed by atoms with van der Waals surface area (Å²) < 4.78 is 6.17. The predicted molar refractivity (Wildman–Crippen MR) is 80.1 cm³/mol. The van der Waals surface area contributed by atoms with Gasteiger partial charge in [0, 0.05) is 29.9 Å². The minimum atomic E-state index is 0.0311. The first kappa shape index (κ1) is 14.4. The van der Waals surface area contributed by atoms with E-state index in [1.807, 2.05) is 34.5 Å². The summed E-state index contributed by atoms with van der Waals surface area (Å²) in [6, 6.07) is 3.93. The third-order valence-electron chi connectivity index (χ3n) is 3.73. The number of aromatic nitrogens is 3. The summed E-state index contributed by atoms with van der Waals surface area (Å²) in [5.41, 5.74) is 2.85. The Morgan fingerprint density at radius 1 is 1.48 bits per heavy atom. The van der Waals surface area contributed by atoms with Crippen LogP contribution in [0.25, 0.3) is 0 Å². The Labute approximate surface area is 127 Å². The Morgan fingerprint density at radius 2 is 2.33 bits per heavy atom. The van der Waals surface area contributed by atoms with Crippen LogP contribution in [0.1, 0.15) is 21.9 Å². The molecule has 1 aliphatic heterocycles. The van der Waals surface area contributed by atoms with Crippen LogP contribution >= 0.6 is 11.9 Å². The molecule has 112 valence electrons. The van der Waals surface area contributed by atoms with Crippen molar-refractivity contribution >= 4 is 18.2 Å². The zero-order valence-electron chi connectivity index (χ0n) is 11.9. The first-order valence-electron chi connectivity index (χ1n) is 6.92. The van der Waals surface area contributed by atoms with E-state index in [1.54, 1.807) is 11.9 Å². The van der Waals surface area contributed by atoms with Gasteiger partial charge < -0.3 is 9.67 Å². The van der Waals surface area contributed by atoms with Crippen molar-refractivity contribution < 1.29 is 9.90 Å². The van der Waals surface area contributed by atoms with E-state index < -0.39 is 0 Å². The molecular weight excluding hydrogens is 288 g/mol. The molecule has 0 unspecified atom stereocenters. The van der Waals surface area contributed by atoms with Crippen LogP contribution in [0.4, 0.5) is 0 Å². The molecule has 2 aromatic rings. The number of fused-ring (bicyclic) bond motifs is 1. The molecule has 21 heavy (non-hydrogen) atoms. The second-order valence-electron chi connectivity index (χ2n) is 5.01. The molecule has 1 N–H and O–H groups in total. The Kier molecular flexibility index (Phi) is 4.14. The molecule has 3 heterocycles. The molecule has 0 amide bonds. The van der Waals surface area contributed by atoms with E-state index in [2.05, 4.69) is 9.40 Å². The van der Waals surface area contributed by atoms with Gasteiger partial charge in [-0.3, -0.25) is 9.48 Å². The summed E-state index contributed by atoms with van der Waals surface area (Å²) in [5, 5.41) is 13.4. The van der Waals surface area contributed by atoms with Crippen LogP contribution in [0.3, 0.4) is 0 Å². The van der Waals surface area contributed by atoms with E-state index in [0.29, 0.717) is 12.2 Å². The summed E-state index contributed by atoms with van der Waals surface area (Å²) >= 11 is 1.67. The Morgan fingerprint density at radius 3 is 3.10 bits per heavy atom. The predicted octanol–water partition coefficient (Wildman–Crippen LogP) is 1.32. The number of carbonyl (C=O) groups excluding carboxylic acids is 1. The van der Waals surface area contributed by atoms with Crippen LogP contribution in [-0.2, 0) is 19.6 Å². The lowest BCUT2D eigenvalue weighted by molar-refractivity contribution is 0.111. The van der Waals surface area contributed by atoms with Gasteiger partial charge in [-0.15, -0.1) is 0 Å². The van der Waals surface area contributed by atoms with E-state index in [1.165, 1.54) is 5.69 Å². The number of carbonyl (C=O) groups is 1. The van der Waals surface area contributed by atoms with E-state index in [4.69, 9.17) is 5.11 Å². The first-order chi connectivity index (χ1) is 10.2. The minimum absolute atomic E-state index is 0.0311. The van der Waals surface area contributed by atoms with Crippen molar-refractivity contribution in [3.8, 4) is 0 Å². The molecule has 1 aliphatic rings. The molecule has 0 saturated heterocycles. The number of nitrogens with zero attached hydrogens (tertiary/aromatic N) is 4. The molecule has 0 bridgehead atoms. The smallest absolute Gasteiger partial charge is 0.166 e. The standard InChI is InChI=1S/C14H18N4O2S/c1-11-14(8-13(10-20)17(11)6-7-19)21-16-4-5-18-12(9-16)2-3-15-18/h2-3,8,10,19H,4-7,9H2,1H3. The van der Waals surface area contributed by atoms with Gasteiger partial charge in [-0.1, -0.05) is 0 Å². The summed E-state index contributed by atoms with van der Waals surface area (Å²) in [4.78, 5) is 12.2. The Balaban J connectivity index is 1.78. The van der Waals surface area contributed by atoms with Gasteiger partial charge in [0.05, 0.1) is 31.1 Å². The molecule has 0 aliphatic carbocycles. The Hall–Kier alpha value is -1.57. The second kappa shape index (κ2) is 6.05. The van der Waals surface area contributed by atoms with Gasteiger partial charge in [0.15, 0.2) is 6.29 Å². The van der Waals surface area contributed by atoms with E-state index in [-0.39, 0.29) is 6.61 Å². The van der Waals surface area contributed by atoms with Crippen molar-refractivity contribution in [3.63, 3.8) is 0 Å². The van der Waals surface area contributed by atoms with Crippen molar-refractivity contribution in [1.82, 2.24) is 18.7 Å². The normalized spacial score (nSPS) is 15.1. The Bertz CT molecular complexity index is 649. The maximum Gasteiger partial charge on any atom is 0.166 e. The molecule has 3 rings (SSSR count). The number of aldehydes is 1. The molecule has 7 heteroatoms. The summed E-state index contributed by atoms with van der Waals surface area (Å²) in [7, 11) is 0. The van der Waals surface area contributed by atoms with Crippen molar-refractivity contribution in [2.75, 3.05) is 13.2 Å². The molecule has 0 saturated carbocycles. The number of rotatable bonds is 5. The molecule has 0 aromatic carbocycles. The van der Waals surface area contributed by atoms with Crippen molar-refractivity contribution in [3.05, 3.63) is 35.4 Å². The fourth-order valence-corrected chi connectivity index (χ4v) is 3.67. The van der Waals surface area contributed by atoms with Crippen LogP contribution in [0.15, 0.2) is 23.2 Å². The number of aliphatic hydroxyl groups excluding tert-OH is 1. The van der Waals surface area contributed by atoms with Crippen molar-refractivity contribution in [2.45, 2.75) is 31.5 Å². The van der Waals surface area contributed by atoms with Gasteiger partial charge in [-0.05, 0) is 31.0 Å². The van der Waals surface area contributed by atoms with Gasteiger partial charge in [0.1, 0.15) is 0 Å². The fourth-order valence-electron chi connectivity index (χ4n) is 2.61. The fraction of sp³-hybridized carbons (Fsp3) is 0.429. The lowest BCUT2D eigenvalue weighted by Crippen LogP contribution is -2.28. The minimum Gasteiger partial charge on any atom is -0.395 e. The largest absolute Gasteiger partial charge is 0.395 e. The third-order valence-corrected chi connectivity index (χ3v) is 4.91. The molecule has 0 fully saturated rings. The highest BCUT2D eigenvalue weighted by Crippen LogP contribution is 2.31. The zero-order valence-corrected chi connectivity index (χ0v) is 12.7. The summed E-state index contributed by atoms with van der Waals surface area (Å²) in [6.07, 6.45) is 2.68. The molecule has 0 atom stereocenters. The monoisotopic (exact) mass is 306 g/mol. The maximum atomic E-state index is 11.2. The molecular formula is C14H18N4O2S. The average Bonchev–Trinajstić information content (AvgIpc) is 3.06. The average molecular weight is 306 g/mol. The molecule has 0 spiro atoms. The summed E-state index contributed by atoms with van der Waals surface area (Å²) in [6.45, 7) is 5.11. The number of hydrogen-bond donors (Lipinski definition) is 1.